The Morgan fingerprint density at radius 1 is 0.846 bits per heavy atom. The molecule has 0 fully saturated rings. The molecule has 0 radical (unpaired) electrons. The number of hydrogen-bond acceptors (Lipinski definition) is 0. The minimum absolute atomic E-state index is 0.882. The van der Waals surface area contributed by atoms with E-state index in [0.29, 0.717) is 0 Å². The van der Waals surface area contributed by atoms with Gasteiger partial charge in [0.2, 0.25) is 0 Å². The Bertz CT molecular complexity index is 103. The van der Waals surface area contributed by atoms with Crippen molar-refractivity contribution in [2.45, 2.75) is 66.7 Å². The molecule has 0 N–H and O–H groups in total. The first-order valence-corrected chi connectivity index (χ1v) is 6.07. The van der Waals surface area contributed by atoms with Gasteiger partial charge in [-0.15, -0.1) is 0 Å². The van der Waals surface area contributed by atoms with Gasteiger partial charge in [0, 0.05) is 0 Å². The van der Waals surface area contributed by atoms with Crippen LogP contribution >= 0.6 is 0 Å². The van der Waals surface area contributed by atoms with Crippen LogP contribution < -0.4 is 0 Å². The first kappa shape index (κ1) is 13.0. The zero-order valence-electron chi connectivity index (χ0n) is 10.3. The summed E-state index contributed by atoms with van der Waals surface area (Å²) in [6.07, 6.45) is 7.07. The van der Waals surface area contributed by atoms with Crippen molar-refractivity contribution >= 4 is 0 Å². The standard InChI is InChI=1S/C13H28/c1-6-8-13(12(4)5)10-7-9-11(2)3/h11-13H,6-10H2,1-5H3. The van der Waals surface area contributed by atoms with Gasteiger partial charge in [0.25, 0.3) is 0 Å². The minimum atomic E-state index is 0.882. The van der Waals surface area contributed by atoms with Gasteiger partial charge in [0.1, 0.15) is 0 Å². The van der Waals surface area contributed by atoms with Gasteiger partial charge in [0.05, 0.1) is 0 Å². The van der Waals surface area contributed by atoms with Crippen LogP contribution in [0.15, 0.2) is 0 Å². The van der Waals surface area contributed by atoms with Gasteiger partial charge >= 0.3 is 0 Å². The Kier molecular flexibility index (Phi) is 7.41. The van der Waals surface area contributed by atoms with Crippen LogP contribution in [-0.2, 0) is 0 Å². The number of hydrogen-bond donors (Lipinski definition) is 0. The summed E-state index contributed by atoms with van der Waals surface area (Å²) in [6, 6.07) is 0. The molecule has 0 saturated heterocycles. The normalized spacial score (nSPS) is 14.1. The summed E-state index contributed by atoms with van der Waals surface area (Å²) in [6.45, 7) is 11.7. The highest BCUT2D eigenvalue weighted by atomic mass is 14.2. The molecular formula is C13H28. The molecule has 0 aromatic rings. The second kappa shape index (κ2) is 7.41. The van der Waals surface area contributed by atoms with Crippen molar-refractivity contribution < 1.29 is 0 Å². The predicted molar refractivity (Wildman–Crippen MR) is 61.9 cm³/mol. The topological polar surface area (TPSA) is 0 Å². The van der Waals surface area contributed by atoms with Crippen LogP contribution in [0.3, 0.4) is 0 Å². The Balaban J connectivity index is 3.57. The molecule has 0 aromatic carbocycles. The zero-order valence-corrected chi connectivity index (χ0v) is 10.3. The van der Waals surface area contributed by atoms with E-state index in [1.165, 1.54) is 32.1 Å². The summed E-state index contributed by atoms with van der Waals surface area (Å²) in [4.78, 5) is 0. The summed E-state index contributed by atoms with van der Waals surface area (Å²) in [5, 5.41) is 0. The van der Waals surface area contributed by atoms with Crippen LogP contribution in [0, 0.1) is 17.8 Å². The van der Waals surface area contributed by atoms with Crippen LogP contribution in [0.4, 0.5) is 0 Å². The van der Waals surface area contributed by atoms with E-state index in [4.69, 9.17) is 0 Å². The first-order valence-electron chi connectivity index (χ1n) is 6.07. The third-order valence-electron chi connectivity index (χ3n) is 2.96. The van der Waals surface area contributed by atoms with Gasteiger partial charge < -0.3 is 0 Å². The van der Waals surface area contributed by atoms with Crippen molar-refractivity contribution in [3.8, 4) is 0 Å². The predicted octanol–water partition coefficient (Wildman–Crippen LogP) is 4.89. The quantitative estimate of drug-likeness (QED) is 0.528. The second-order valence-corrected chi connectivity index (χ2v) is 5.12. The van der Waals surface area contributed by atoms with Crippen LogP contribution in [0.25, 0.3) is 0 Å². The number of rotatable bonds is 7. The van der Waals surface area contributed by atoms with Crippen LogP contribution in [0.5, 0.6) is 0 Å². The molecule has 0 amide bonds. The Hall–Kier alpha value is 0. The van der Waals surface area contributed by atoms with E-state index in [1.807, 2.05) is 0 Å². The fourth-order valence-corrected chi connectivity index (χ4v) is 1.97. The van der Waals surface area contributed by atoms with Gasteiger partial charge in [0.15, 0.2) is 0 Å². The molecular weight excluding hydrogens is 156 g/mol. The molecule has 0 bridgehead atoms. The van der Waals surface area contributed by atoms with Crippen molar-refractivity contribution in [3.05, 3.63) is 0 Å². The second-order valence-electron chi connectivity index (χ2n) is 5.12. The summed E-state index contributed by atoms with van der Waals surface area (Å²) in [5.41, 5.74) is 0. The fourth-order valence-electron chi connectivity index (χ4n) is 1.97. The molecule has 0 spiro atoms. The lowest BCUT2D eigenvalue weighted by Gasteiger charge is -2.20. The van der Waals surface area contributed by atoms with E-state index in [-0.39, 0.29) is 0 Å². The van der Waals surface area contributed by atoms with E-state index >= 15 is 0 Å². The lowest BCUT2D eigenvalue weighted by molar-refractivity contribution is 0.316. The van der Waals surface area contributed by atoms with Gasteiger partial charge in [-0.2, -0.15) is 0 Å². The smallest absolute Gasteiger partial charge is 0.0391 e. The molecule has 0 aliphatic rings. The Labute approximate surface area is 85.1 Å². The minimum Gasteiger partial charge on any atom is -0.0654 e. The molecule has 1 atom stereocenters. The van der Waals surface area contributed by atoms with Crippen LogP contribution in [-0.4, -0.2) is 0 Å². The highest BCUT2D eigenvalue weighted by Crippen LogP contribution is 2.24. The molecule has 0 saturated carbocycles. The maximum atomic E-state index is 2.37. The summed E-state index contributed by atoms with van der Waals surface area (Å²) in [7, 11) is 0. The van der Waals surface area contributed by atoms with Crippen molar-refractivity contribution in [3.63, 3.8) is 0 Å². The molecule has 0 heterocycles. The molecule has 0 aliphatic heterocycles. The van der Waals surface area contributed by atoms with Gasteiger partial charge in [-0.05, 0) is 17.8 Å². The first-order chi connectivity index (χ1) is 6.07. The maximum absolute atomic E-state index is 2.37. The average Bonchev–Trinajstić information content (AvgIpc) is 2.02. The fraction of sp³-hybridized carbons (Fsp3) is 1.00. The van der Waals surface area contributed by atoms with E-state index in [9.17, 15) is 0 Å². The van der Waals surface area contributed by atoms with Gasteiger partial charge in [-0.25, -0.2) is 0 Å². The van der Waals surface area contributed by atoms with E-state index in [0.717, 1.165) is 17.8 Å². The lowest BCUT2D eigenvalue weighted by Crippen LogP contribution is -2.08. The van der Waals surface area contributed by atoms with Crippen molar-refractivity contribution in [1.29, 1.82) is 0 Å². The molecule has 0 rings (SSSR count). The molecule has 80 valence electrons. The molecule has 1 unspecified atom stereocenters. The van der Waals surface area contributed by atoms with Gasteiger partial charge in [-0.3, -0.25) is 0 Å². The lowest BCUT2D eigenvalue weighted by atomic mass is 9.86. The molecule has 0 aliphatic carbocycles. The SMILES string of the molecule is CCCC(CCCC(C)C)C(C)C. The van der Waals surface area contributed by atoms with Crippen molar-refractivity contribution in [2.24, 2.45) is 17.8 Å². The highest BCUT2D eigenvalue weighted by molar-refractivity contribution is 4.63. The van der Waals surface area contributed by atoms with Crippen LogP contribution in [0.2, 0.25) is 0 Å². The maximum Gasteiger partial charge on any atom is -0.0391 e. The van der Waals surface area contributed by atoms with Crippen LogP contribution in [0.1, 0.15) is 66.7 Å². The zero-order chi connectivity index (χ0) is 10.3. The molecule has 13 heavy (non-hydrogen) atoms. The Morgan fingerprint density at radius 2 is 1.46 bits per heavy atom. The van der Waals surface area contributed by atoms with E-state index < -0.39 is 0 Å². The third kappa shape index (κ3) is 7.10. The molecule has 0 aromatic heterocycles. The molecule has 0 nitrogen and oxygen atoms in total. The largest absolute Gasteiger partial charge is 0.0654 e. The Morgan fingerprint density at radius 3 is 1.85 bits per heavy atom. The van der Waals surface area contributed by atoms with E-state index in [1.54, 1.807) is 0 Å². The highest BCUT2D eigenvalue weighted by Gasteiger charge is 2.11. The summed E-state index contributed by atoms with van der Waals surface area (Å²) >= 11 is 0. The van der Waals surface area contributed by atoms with E-state index in [2.05, 4.69) is 34.6 Å². The van der Waals surface area contributed by atoms with Crippen molar-refractivity contribution in [2.75, 3.05) is 0 Å². The summed E-state index contributed by atoms with van der Waals surface area (Å²) < 4.78 is 0. The molecule has 0 heteroatoms. The summed E-state index contributed by atoms with van der Waals surface area (Å²) in [5.74, 6) is 2.74. The third-order valence-corrected chi connectivity index (χ3v) is 2.96. The monoisotopic (exact) mass is 184 g/mol. The van der Waals surface area contributed by atoms with Gasteiger partial charge in [-0.1, -0.05) is 66.7 Å². The average molecular weight is 184 g/mol. The van der Waals surface area contributed by atoms with Crippen molar-refractivity contribution in [1.82, 2.24) is 0 Å².